The molecule has 0 aliphatic carbocycles. The van der Waals surface area contributed by atoms with Gasteiger partial charge in [0.15, 0.2) is 0 Å². The van der Waals surface area contributed by atoms with Crippen molar-refractivity contribution in [1.29, 1.82) is 0 Å². The Balaban J connectivity index is 2.21. The zero-order valence-electron chi connectivity index (χ0n) is 12.6. The van der Waals surface area contributed by atoms with E-state index in [0.717, 1.165) is 50.0 Å². The molecule has 0 aliphatic heterocycles. The average Bonchev–Trinajstić information content (AvgIpc) is 2.52. The van der Waals surface area contributed by atoms with Gasteiger partial charge >= 0.3 is 0 Å². The van der Waals surface area contributed by atoms with E-state index in [0.29, 0.717) is 5.39 Å². The summed E-state index contributed by atoms with van der Waals surface area (Å²) >= 11 is 0. The van der Waals surface area contributed by atoms with E-state index in [1.54, 1.807) is 18.3 Å². The number of hydrogen-bond donors (Lipinski definition) is 1. The van der Waals surface area contributed by atoms with E-state index in [2.05, 4.69) is 16.8 Å². The van der Waals surface area contributed by atoms with Crippen LogP contribution in [0.1, 0.15) is 31.7 Å². The van der Waals surface area contributed by atoms with Gasteiger partial charge < -0.3 is 5.11 Å². The molecule has 0 radical (unpaired) electrons. The van der Waals surface area contributed by atoms with Crippen molar-refractivity contribution < 1.29 is 9.50 Å². The number of aromatic nitrogens is 1. The van der Waals surface area contributed by atoms with Crippen LogP contribution in [-0.4, -0.2) is 34.7 Å². The fourth-order valence-corrected chi connectivity index (χ4v) is 2.51. The van der Waals surface area contributed by atoms with Crippen LogP contribution in [0.4, 0.5) is 4.39 Å². The predicted octanol–water partition coefficient (Wildman–Crippen LogP) is 3.36. The fraction of sp³-hybridized carbons (Fsp3) is 0.471. The summed E-state index contributed by atoms with van der Waals surface area (Å²) in [5.41, 5.74) is 1.78. The highest BCUT2D eigenvalue weighted by Crippen LogP contribution is 2.21. The van der Waals surface area contributed by atoms with Gasteiger partial charge in [0, 0.05) is 31.3 Å². The Bertz CT molecular complexity index is 566. The molecule has 2 aromatic rings. The van der Waals surface area contributed by atoms with Gasteiger partial charge in [-0.1, -0.05) is 19.4 Å². The van der Waals surface area contributed by atoms with Crippen LogP contribution in [0, 0.1) is 5.82 Å². The van der Waals surface area contributed by atoms with Crippen LogP contribution in [0.15, 0.2) is 30.5 Å². The maximum Gasteiger partial charge on any atom is 0.132 e. The first-order chi connectivity index (χ1) is 10.3. The SMILES string of the molecule is CCCCN(CCCO)Cc1ccc(F)c2cccnc12. The zero-order valence-corrected chi connectivity index (χ0v) is 12.6. The number of fused-ring (bicyclic) bond motifs is 1. The van der Waals surface area contributed by atoms with Crippen LogP contribution < -0.4 is 0 Å². The van der Waals surface area contributed by atoms with Gasteiger partial charge in [-0.3, -0.25) is 9.88 Å². The molecule has 0 amide bonds. The number of nitrogens with zero attached hydrogens (tertiary/aromatic N) is 2. The van der Waals surface area contributed by atoms with Gasteiger partial charge in [-0.25, -0.2) is 4.39 Å². The molecule has 0 atom stereocenters. The number of rotatable bonds is 8. The molecule has 1 aromatic heterocycles. The van der Waals surface area contributed by atoms with E-state index in [1.807, 2.05) is 6.07 Å². The molecular weight excluding hydrogens is 267 g/mol. The van der Waals surface area contributed by atoms with E-state index in [-0.39, 0.29) is 12.4 Å². The molecule has 114 valence electrons. The molecule has 21 heavy (non-hydrogen) atoms. The molecule has 0 spiro atoms. The van der Waals surface area contributed by atoms with E-state index in [4.69, 9.17) is 5.11 Å². The summed E-state index contributed by atoms with van der Waals surface area (Å²) in [7, 11) is 0. The summed E-state index contributed by atoms with van der Waals surface area (Å²) in [6.45, 7) is 4.95. The molecule has 0 saturated heterocycles. The molecule has 2 rings (SSSR count). The normalized spacial score (nSPS) is 11.4. The van der Waals surface area contributed by atoms with Crippen molar-refractivity contribution in [3.05, 3.63) is 41.8 Å². The van der Waals surface area contributed by atoms with Crippen LogP contribution in [0.2, 0.25) is 0 Å². The van der Waals surface area contributed by atoms with Gasteiger partial charge in [-0.05, 0) is 43.1 Å². The van der Waals surface area contributed by atoms with Crippen molar-refractivity contribution >= 4 is 10.9 Å². The Hall–Kier alpha value is -1.52. The second kappa shape index (κ2) is 8.05. The first-order valence-electron chi connectivity index (χ1n) is 7.61. The van der Waals surface area contributed by atoms with Gasteiger partial charge in [0.2, 0.25) is 0 Å². The van der Waals surface area contributed by atoms with Crippen LogP contribution in [0.25, 0.3) is 10.9 Å². The number of aliphatic hydroxyl groups is 1. The van der Waals surface area contributed by atoms with Gasteiger partial charge in [0.05, 0.1) is 5.52 Å². The molecule has 0 unspecified atom stereocenters. The highest BCUT2D eigenvalue weighted by atomic mass is 19.1. The van der Waals surface area contributed by atoms with Crippen LogP contribution in [0.3, 0.4) is 0 Å². The van der Waals surface area contributed by atoms with Crippen molar-refractivity contribution in [2.45, 2.75) is 32.7 Å². The molecule has 1 N–H and O–H groups in total. The molecule has 1 aromatic carbocycles. The highest BCUT2D eigenvalue weighted by Gasteiger charge is 2.11. The fourth-order valence-electron chi connectivity index (χ4n) is 2.51. The number of benzene rings is 1. The number of unbranched alkanes of at least 4 members (excludes halogenated alkanes) is 1. The summed E-state index contributed by atoms with van der Waals surface area (Å²) in [6, 6.07) is 6.87. The maximum atomic E-state index is 13.8. The van der Waals surface area contributed by atoms with Gasteiger partial charge in [-0.2, -0.15) is 0 Å². The van der Waals surface area contributed by atoms with E-state index in [1.165, 1.54) is 6.07 Å². The summed E-state index contributed by atoms with van der Waals surface area (Å²) in [6.07, 6.45) is 4.72. The Morgan fingerprint density at radius 1 is 1.19 bits per heavy atom. The highest BCUT2D eigenvalue weighted by molar-refractivity contribution is 5.82. The van der Waals surface area contributed by atoms with Gasteiger partial charge in [-0.15, -0.1) is 0 Å². The third-order valence-electron chi connectivity index (χ3n) is 3.65. The minimum absolute atomic E-state index is 0.199. The summed E-state index contributed by atoms with van der Waals surface area (Å²) in [5, 5.41) is 9.60. The minimum atomic E-state index is -0.225. The van der Waals surface area contributed by atoms with Crippen molar-refractivity contribution in [3.63, 3.8) is 0 Å². The van der Waals surface area contributed by atoms with Gasteiger partial charge in [0.25, 0.3) is 0 Å². The van der Waals surface area contributed by atoms with Crippen LogP contribution >= 0.6 is 0 Å². The van der Waals surface area contributed by atoms with E-state index >= 15 is 0 Å². The lowest BCUT2D eigenvalue weighted by atomic mass is 10.1. The standard InChI is InChI=1S/C17H23FN2O/c1-2-3-10-20(11-5-12-21)13-14-7-8-16(18)15-6-4-9-19-17(14)15/h4,6-9,21H,2-3,5,10-13H2,1H3. The third kappa shape index (κ3) is 4.22. The zero-order chi connectivity index (χ0) is 15.1. The molecule has 1 heterocycles. The van der Waals surface area contributed by atoms with Gasteiger partial charge in [0.1, 0.15) is 5.82 Å². The monoisotopic (exact) mass is 290 g/mol. The molecule has 3 nitrogen and oxygen atoms in total. The molecule has 4 heteroatoms. The second-order valence-corrected chi connectivity index (χ2v) is 5.31. The topological polar surface area (TPSA) is 36.4 Å². The summed E-state index contributed by atoms with van der Waals surface area (Å²) < 4.78 is 13.8. The largest absolute Gasteiger partial charge is 0.396 e. The first-order valence-corrected chi connectivity index (χ1v) is 7.61. The van der Waals surface area contributed by atoms with Crippen LogP contribution in [-0.2, 0) is 6.54 Å². The van der Waals surface area contributed by atoms with E-state index in [9.17, 15) is 4.39 Å². The Morgan fingerprint density at radius 3 is 2.76 bits per heavy atom. The number of pyridine rings is 1. The lowest BCUT2D eigenvalue weighted by Gasteiger charge is -2.22. The Labute approximate surface area is 125 Å². The third-order valence-corrected chi connectivity index (χ3v) is 3.65. The van der Waals surface area contributed by atoms with Crippen LogP contribution in [0.5, 0.6) is 0 Å². The Morgan fingerprint density at radius 2 is 2.00 bits per heavy atom. The molecular formula is C17H23FN2O. The quantitative estimate of drug-likeness (QED) is 0.810. The number of halogens is 1. The van der Waals surface area contributed by atoms with Crippen molar-refractivity contribution in [1.82, 2.24) is 9.88 Å². The molecule has 0 aliphatic rings. The summed E-state index contributed by atoms with van der Waals surface area (Å²) in [4.78, 5) is 6.65. The number of hydrogen-bond acceptors (Lipinski definition) is 3. The van der Waals surface area contributed by atoms with Crippen molar-refractivity contribution in [3.8, 4) is 0 Å². The Kier molecular flexibility index (Phi) is 6.08. The summed E-state index contributed by atoms with van der Waals surface area (Å²) in [5.74, 6) is -0.225. The smallest absolute Gasteiger partial charge is 0.132 e. The molecule has 0 saturated carbocycles. The predicted molar refractivity (Wildman–Crippen MR) is 83.6 cm³/mol. The molecule has 0 bridgehead atoms. The molecule has 0 fully saturated rings. The maximum absolute atomic E-state index is 13.8. The average molecular weight is 290 g/mol. The number of aliphatic hydroxyl groups excluding tert-OH is 1. The first kappa shape index (κ1) is 15.9. The van der Waals surface area contributed by atoms with Crippen molar-refractivity contribution in [2.75, 3.05) is 19.7 Å². The lowest BCUT2D eigenvalue weighted by molar-refractivity contribution is 0.216. The lowest BCUT2D eigenvalue weighted by Crippen LogP contribution is -2.26. The second-order valence-electron chi connectivity index (χ2n) is 5.31. The van der Waals surface area contributed by atoms with E-state index < -0.39 is 0 Å². The van der Waals surface area contributed by atoms with Crippen molar-refractivity contribution in [2.24, 2.45) is 0 Å². The minimum Gasteiger partial charge on any atom is -0.396 e.